The summed E-state index contributed by atoms with van der Waals surface area (Å²) >= 11 is 7.25. The van der Waals surface area contributed by atoms with Crippen LogP contribution in [0.1, 0.15) is 26.5 Å². The normalized spacial score (nSPS) is 11.1. The van der Waals surface area contributed by atoms with Crippen molar-refractivity contribution in [3.8, 4) is 0 Å². The molecule has 0 saturated heterocycles. The molecule has 0 amide bonds. The van der Waals surface area contributed by atoms with E-state index in [0.717, 1.165) is 21.5 Å². The Bertz CT molecular complexity index is 888. The molecule has 3 N–H and O–H groups in total. The van der Waals surface area contributed by atoms with E-state index in [-0.39, 0.29) is 5.78 Å². The molecule has 0 bridgehead atoms. The summed E-state index contributed by atoms with van der Waals surface area (Å²) in [6.07, 6.45) is 0. The minimum absolute atomic E-state index is 0.102. The summed E-state index contributed by atoms with van der Waals surface area (Å²) in [7, 11) is 1.64. The molecular weight excluding hydrogens is 332 g/mol. The third kappa shape index (κ3) is 2.95. The number of fused-ring (bicyclic) bond motifs is 1. The Labute approximate surface area is 142 Å². The molecule has 0 aliphatic heterocycles. The number of carbonyl (C=O) groups is 1. The first-order valence-corrected chi connectivity index (χ1v) is 8.23. The molecule has 0 spiro atoms. The summed E-state index contributed by atoms with van der Waals surface area (Å²) < 4.78 is 5.25. The topological polar surface area (TPSA) is 66.5 Å². The van der Waals surface area contributed by atoms with Crippen LogP contribution >= 0.6 is 22.9 Å². The maximum absolute atomic E-state index is 12.7. The molecule has 0 unspecified atom stereocenters. The lowest BCUT2D eigenvalue weighted by Crippen LogP contribution is -2.09. The van der Waals surface area contributed by atoms with Crippen LogP contribution in [-0.4, -0.2) is 12.9 Å². The standard InChI is InChI=1S/C17H15ClN2O2S/c1-9-7-11(8-22-2)13-14(19)16(23-17(13)20-9)15(21)10-3-5-12(18)6-4-10/h3-7H,8,19H2,1-2H3/p+1. The van der Waals surface area contributed by atoms with Crippen molar-refractivity contribution >= 4 is 44.6 Å². The number of aromatic amines is 1. The number of methoxy groups -OCH3 is 1. The number of thiophene rings is 1. The SMILES string of the molecule is COCc1cc(C)[nH+]c2sc(C(=O)c3ccc(Cl)cc3)c(N)c12. The van der Waals surface area contributed by atoms with Crippen LogP contribution in [0.15, 0.2) is 30.3 Å². The number of H-pyrrole nitrogens is 1. The minimum Gasteiger partial charge on any atom is -0.397 e. The Morgan fingerprint density at radius 3 is 2.70 bits per heavy atom. The number of ketones is 1. The van der Waals surface area contributed by atoms with Gasteiger partial charge < -0.3 is 10.5 Å². The fourth-order valence-electron chi connectivity index (χ4n) is 2.57. The number of nitrogen functional groups attached to an aromatic ring is 1. The number of pyridine rings is 1. The maximum atomic E-state index is 12.7. The molecule has 118 valence electrons. The molecule has 4 nitrogen and oxygen atoms in total. The molecule has 0 fully saturated rings. The van der Waals surface area contributed by atoms with Crippen molar-refractivity contribution < 1.29 is 14.5 Å². The Balaban J connectivity index is 2.15. The zero-order chi connectivity index (χ0) is 16.6. The molecule has 0 saturated carbocycles. The summed E-state index contributed by atoms with van der Waals surface area (Å²) in [4.78, 5) is 17.4. The van der Waals surface area contributed by atoms with Crippen LogP contribution in [-0.2, 0) is 11.3 Å². The number of rotatable bonds is 4. The average Bonchev–Trinajstić information content (AvgIpc) is 2.84. The molecule has 2 aromatic heterocycles. The fourth-order valence-corrected chi connectivity index (χ4v) is 3.88. The van der Waals surface area contributed by atoms with Gasteiger partial charge in [0.15, 0.2) is 5.69 Å². The molecule has 0 aliphatic carbocycles. The van der Waals surface area contributed by atoms with Gasteiger partial charge in [-0.2, -0.15) is 4.98 Å². The van der Waals surface area contributed by atoms with E-state index in [1.165, 1.54) is 11.3 Å². The van der Waals surface area contributed by atoms with E-state index in [0.29, 0.717) is 27.8 Å². The van der Waals surface area contributed by atoms with E-state index >= 15 is 0 Å². The third-order valence-corrected chi connectivity index (χ3v) is 4.95. The zero-order valence-electron chi connectivity index (χ0n) is 12.8. The van der Waals surface area contributed by atoms with Crippen LogP contribution in [0.2, 0.25) is 5.02 Å². The quantitative estimate of drug-likeness (QED) is 0.733. The molecule has 0 atom stereocenters. The molecule has 3 aromatic rings. The number of ether oxygens (including phenoxy) is 1. The lowest BCUT2D eigenvalue weighted by molar-refractivity contribution is -0.351. The van der Waals surface area contributed by atoms with Crippen LogP contribution in [0.3, 0.4) is 0 Å². The summed E-state index contributed by atoms with van der Waals surface area (Å²) in [5.74, 6) is -0.102. The van der Waals surface area contributed by atoms with Gasteiger partial charge in [0.2, 0.25) is 5.78 Å². The van der Waals surface area contributed by atoms with Crippen molar-refractivity contribution in [2.45, 2.75) is 13.5 Å². The Kier molecular flexibility index (Phi) is 4.35. The molecule has 6 heteroatoms. The molecule has 0 radical (unpaired) electrons. The lowest BCUT2D eigenvalue weighted by Gasteiger charge is -2.02. The molecular formula is C17H16ClN2O2S+. The predicted octanol–water partition coefficient (Wildman–Crippen LogP) is 3.64. The number of halogens is 1. The van der Waals surface area contributed by atoms with Crippen LogP contribution < -0.4 is 10.7 Å². The summed E-state index contributed by atoms with van der Waals surface area (Å²) in [5.41, 5.74) is 9.31. The number of carbonyl (C=O) groups excluding carboxylic acids is 1. The second-order valence-electron chi connectivity index (χ2n) is 5.30. The third-order valence-electron chi connectivity index (χ3n) is 3.58. The number of aryl methyl sites for hydroxylation is 1. The largest absolute Gasteiger partial charge is 0.397 e. The average molecular weight is 348 g/mol. The second kappa shape index (κ2) is 6.28. The molecule has 1 aromatic carbocycles. The van der Waals surface area contributed by atoms with Crippen LogP contribution in [0, 0.1) is 6.92 Å². The highest BCUT2D eigenvalue weighted by Gasteiger charge is 2.24. The molecule has 23 heavy (non-hydrogen) atoms. The summed E-state index contributed by atoms with van der Waals surface area (Å²) in [6.45, 7) is 2.41. The van der Waals surface area contributed by atoms with Crippen molar-refractivity contribution in [3.05, 3.63) is 57.1 Å². The monoisotopic (exact) mass is 347 g/mol. The zero-order valence-corrected chi connectivity index (χ0v) is 14.3. The number of anilines is 1. The van der Waals surface area contributed by atoms with Gasteiger partial charge in [0.1, 0.15) is 4.88 Å². The number of aromatic nitrogens is 1. The van der Waals surface area contributed by atoms with Crippen molar-refractivity contribution in [2.75, 3.05) is 12.8 Å². The van der Waals surface area contributed by atoms with Crippen LogP contribution in [0.5, 0.6) is 0 Å². The highest BCUT2D eigenvalue weighted by molar-refractivity contribution is 7.21. The first-order valence-electron chi connectivity index (χ1n) is 7.04. The van der Waals surface area contributed by atoms with E-state index in [1.807, 2.05) is 13.0 Å². The van der Waals surface area contributed by atoms with E-state index in [9.17, 15) is 4.79 Å². The van der Waals surface area contributed by atoms with Crippen molar-refractivity contribution in [2.24, 2.45) is 0 Å². The number of hydrogen-bond donors (Lipinski definition) is 1. The van der Waals surface area contributed by atoms with Gasteiger partial charge in [-0.25, -0.2) is 0 Å². The lowest BCUT2D eigenvalue weighted by atomic mass is 10.1. The second-order valence-corrected chi connectivity index (χ2v) is 6.75. The van der Waals surface area contributed by atoms with Gasteiger partial charge in [-0.3, -0.25) is 4.79 Å². The fraction of sp³-hybridized carbons (Fsp3) is 0.176. The number of nitrogens with two attached hydrogens (primary N) is 1. The molecule has 0 aliphatic rings. The Hall–Kier alpha value is -1.95. The van der Waals surface area contributed by atoms with Gasteiger partial charge in [-0.15, -0.1) is 0 Å². The van der Waals surface area contributed by atoms with E-state index in [2.05, 4.69) is 4.98 Å². The van der Waals surface area contributed by atoms with E-state index in [1.54, 1.807) is 31.4 Å². The first-order chi connectivity index (χ1) is 11.0. The predicted molar refractivity (Wildman–Crippen MR) is 93.1 cm³/mol. The highest BCUT2D eigenvalue weighted by atomic mass is 35.5. The van der Waals surface area contributed by atoms with Crippen LogP contribution in [0.25, 0.3) is 10.2 Å². The molecule has 3 rings (SSSR count). The molecule has 2 heterocycles. The van der Waals surface area contributed by atoms with E-state index < -0.39 is 0 Å². The minimum atomic E-state index is -0.102. The van der Waals surface area contributed by atoms with Crippen molar-refractivity contribution in [1.29, 1.82) is 0 Å². The number of hydrogen-bond acceptors (Lipinski definition) is 4. The summed E-state index contributed by atoms with van der Waals surface area (Å²) in [6, 6.07) is 8.81. The van der Waals surface area contributed by atoms with Gasteiger partial charge >= 0.3 is 0 Å². The van der Waals surface area contributed by atoms with E-state index in [4.69, 9.17) is 22.1 Å². The number of nitrogens with one attached hydrogen (secondary N) is 1. The van der Waals surface area contributed by atoms with Crippen molar-refractivity contribution in [1.82, 2.24) is 0 Å². The Morgan fingerprint density at radius 1 is 1.35 bits per heavy atom. The van der Waals surface area contributed by atoms with Crippen molar-refractivity contribution in [3.63, 3.8) is 0 Å². The van der Waals surface area contributed by atoms with Gasteiger partial charge in [-0.05, 0) is 24.3 Å². The van der Waals surface area contributed by atoms with Gasteiger partial charge in [0.05, 0.1) is 17.7 Å². The van der Waals surface area contributed by atoms with Gasteiger partial charge in [0.25, 0.3) is 4.83 Å². The Morgan fingerprint density at radius 2 is 2.04 bits per heavy atom. The smallest absolute Gasteiger partial charge is 0.270 e. The highest BCUT2D eigenvalue weighted by Crippen LogP contribution is 2.35. The van der Waals surface area contributed by atoms with Gasteiger partial charge in [-0.1, -0.05) is 22.9 Å². The summed E-state index contributed by atoms with van der Waals surface area (Å²) in [5, 5.41) is 1.46. The van der Waals surface area contributed by atoms with Gasteiger partial charge in [0, 0.05) is 36.2 Å². The maximum Gasteiger partial charge on any atom is 0.270 e. The van der Waals surface area contributed by atoms with Crippen LogP contribution in [0.4, 0.5) is 5.69 Å². The first kappa shape index (κ1) is 15.9. The number of benzene rings is 1.